The summed E-state index contributed by atoms with van der Waals surface area (Å²) in [5.41, 5.74) is 1.61. The van der Waals surface area contributed by atoms with Gasteiger partial charge in [-0.2, -0.15) is 0 Å². The summed E-state index contributed by atoms with van der Waals surface area (Å²) in [7, 11) is 0. The number of aryl methyl sites for hydroxylation is 1. The molecule has 2 aromatic carbocycles. The lowest BCUT2D eigenvalue weighted by Crippen LogP contribution is -2.15. The van der Waals surface area contributed by atoms with E-state index in [9.17, 15) is 9.18 Å². The average molecular weight is 380 g/mol. The number of nitrogens with one attached hydrogen (secondary N) is 2. The molecule has 7 heteroatoms. The molecule has 0 radical (unpaired) electrons. The molecule has 0 aliphatic rings. The predicted molar refractivity (Wildman–Crippen MR) is 107 cm³/mol. The molecule has 3 rings (SSSR count). The van der Waals surface area contributed by atoms with Gasteiger partial charge in [0.1, 0.15) is 17.3 Å². The molecule has 0 bridgehead atoms. The molecule has 2 N–H and O–H groups in total. The van der Waals surface area contributed by atoms with Gasteiger partial charge in [0.25, 0.3) is 5.91 Å². The van der Waals surface area contributed by atoms with Crippen LogP contribution >= 0.6 is 0 Å². The summed E-state index contributed by atoms with van der Waals surface area (Å²) in [5, 5.41) is 5.59. The Labute approximate surface area is 162 Å². The van der Waals surface area contributed by atoms with E-state index in [1.807, 2.05) is 13.8 Å². The van der Waals surface area contributed by atoms with Crippen LogP contribution in [0.1, 0.15) is 30.0 Å². The van der Waals surface area contributed by atoms with Crippen molar-refractivity contribution in [3.05, 3.63) is 71.8 Å². The number of halogens is 1. The summed E-state index contributed by atoms with van der Waals surface area (Å²) >= 11 is 0. The number of ether oxygens (including phenoxy) is 1. The normalized spacial score (nSPS) is 10.6. The Bertz CT molecular complexity index is 974. The van der Waals surface area contributed by atoms with E-state index in [1.165, 1.54) is 6.07 Å². The number of amides is 1. The SMILES string of the molecule is Cc1cc(C(=O)Nc2ccc(OC(C)C)cc2)nc(Nc2ccccc2F)n1. The smallest absolute Gasteiger partial charge is 0.274 e. The van der Waals surface area contributed by atoms with Gasteiger partial charge in [0.2, 0.25) is 5.95 Å². The zero-order valence-corrected chi connectivity index (χ0v) is 15.9. The van der Waals surface area contributed by atoms with Crippen molar-refractivity contribution in [3.8, 4) is 5.75 Å². The predicted octanol–water partition coefficient (Wildman–Crippen LogP) is 4.71. The first-order valence-corrected chi connectivity index (χ1v) is 8.86. The summed E-state index contributed by atoms with van der Waals surface area (Å²) in [6.45, 7) is 5.63. The number of para-hydroxylation sites is 1. The van der Waals surface area contributed by atoms with Gasteiger partial charge in [-0.1, -0.05) is 12.1 Å². The van der Waals surface area contributed by atoms with E-state index in [4.69, 9.17) is 4.74 Å². The van der Waals surface area contributed by atoms with Gasteiger partial charge in [0, 0.05) is 11.4 Å². The van der Waals surface area contributed by atoms with Crippen LogP contribution in [0.15, 0.2) is 54.6 Å². The van der Waals surface area contributed by atoms with E-state index < -0.39 is 5.82 Å². The summed E-state index contributed by atoms with van der Waals surface area (Å²) < 4.78 is 19.4. The van der Waals surface area contributed by atoms with Crippen LogP contribution in [-0.2, 0) is 0 Å². The van der Waals surface area contributed by atoms with E-state index in [0.717, 1.165) is 5.75 Å². The van der Waals surface area contributed by atoms with Gasteiger partial charge in [0.15, 0.2) is 0 Å². The van der Waals surface area contributed by atoms with E-state index in [-0.39, 0.29) is 29.3 Å². The third kappa shape index (κ3) is 5.03. The molecule has 1 amide bonds. The van der Waals surface area contributed by atoms with Crippen LogP contribution in [0.4, 0.5) is 21.7 Å². The minimum Gasteiger partial charge on any atom is -0.491 e. The number of anilines is 3. The summed E-state index contributed by atoms with van der Waals surface area (Å²) in [6.07, 6.45) is 0.0739. The van der Waals surface area contributed by atoms with Gasteiger partial charge in [0.05, 0.1) is 11.8 Å². The lowest BCUT2D eigenvalue weighted by Gasteiger charge is -2.11. The van der Waals surface area contributed by atoms with Gasteiger partial charge in [-0.3, -0.25) is 4.79 Å². The highest BCUT2D eigenvalue weighted by Crippen LogP contribution is 2.19. The largest absolute Gasteiger partial charge is 0.491 e. The first kappa shape index (κ1) is 19.3. The second kappa shape index (κ2) is 8.47. The molecule has 0 aliphatic heterocycles. The zero-order chi connectivity index (χ0) is 20.1. The Hall–Kier alpha value is -3.48. The van der Waals surface area contributed by atoms with Gasteiger partial charge in [-0.15, -0.1) is 0 Å². The molecule has 6 nitrogen and oxygen atoms in total. The molecule has 0 spiro atoms. The average Bonchev–Trinajstić information content (AvgIpc) is 2.64. The Morgan fingerprint density at radius 2 is 1.79 bits per heavy atom. The van der Waals surface area contributed by atoms with Crippen LogP contribution in [0.2, 0.25) is 0 Å². The van der Waals surface area contributed by atoms with Crippen LogP contribution in [0.25, 0.3) is 0 Å². The molecule has 0 fully saturated rings. The minimum absolute atomic E-state index is 0.0739. The van der Waals surface area contributed by atoms with Crippen molar-refractivity contribution < 1.29 is 13.9 Å². The maximum absolute atomic E-state index is 13.8. The Morgan fingerprint density at radius 1 is 1.07 bits per heavy atom. The molecule has 0 saturated carbocycles. The van der Waals surface area contributed by atoms with Crippen molar-refractivity contribution in [2.75, 3.05) is 10.6 Å². The number of carbonyl (C=O) groups excluding carboxylic acids is 1. The number of hydrogen-bond acceptors (Lipinski definition) is 5. The summed E-state index contributed by atoms with van der Waals surface area (Å²) in [4.78, 5) is 21.0. The first-order chi connectivity index (χ1) is 13.4. The van der Waals surface area contributed by atoms with E-state index in [2.05, 4.69) is 20.6 Å². The van der Waals surface area contributed by atoms with E-state index in [0.29, 0.717) is 11.4 Å². The zero-order valence-electron chi connectivity index (χ0n) is 15.9. The maximum atomic E-state index is 13.8. The van der Waals surface area contributed by atoms with Crippen molar-refractivity contribution in [1.82, 2.24) is 9.97 Å². The summed E-state index contributed by atoms with van der Waals surface area (Å²) in [5.74, 6) is 0.0557. The van der Waals surface area contributed by atoms with Gasteiger partial charge in [-0.25, -0.2) is 14.4 Å². The van der Waals surface area contributed by atoms with Crippen LogP contribution in [-0.4, -0.2) is 22.0 Å². The standard InChI is InChI=1S/C21H21FN4O2/c1-13(2)28-16-10-8-15(9-11-16)24-20(27)19-12-14(3)23-21(26-19)25-18-7-5-4-6-17(18)22/h4-13H,1-3H3,(H,24,27)(H,23,25,26). The number of rotatable bonds is 6. The monoisotopic (exact) mass is 380 g/mol. The molecule has 0 unspecified atom stereocenters. The second-order valence-electron chi connectivity index (χ2n) is 6.47. The van der Waals surface area contributed by atoms with Gasteiger partial charge < -0.3 is 15.4 Å². The molecular weight excluding hydrogens is 359 g/mol. The molecule has 0 aliphatic carbocycles. The lowest BCUT2D eigenvalue weighted by atomic mass is 10.2. The number of aromatic nitrogens is 2. The van der Waals surface area contributed by atoms with Crippen LogP contribution in [0.3, 0.4) is 0 Å². The van der Waals surface area contributed by atoms with E-state index in [1.54, 1.807) is 55.5 Å². The fourth-order valence-electron chi connectivity index (χ4n) is 2.51. The number of benzene rings is 2. The number of nitrogens with zero attached hydrogens (tertiary/aromatic N) is 2. The third-order valence-corrected chi connectivity index (χ3v) is 3.69. The van der Waals surface area contributed by atoms with Crippen LogP contribution < -0.4 is 15.4 Å². The van der Waals surface area contributed by atoms with Crippen molar-refractivity contribution in [2.45, 2.75) is 26.9 Å². The molecule has 1 aromatic heterocycles. The second-order valence-corrected chi connectivity index (χ2v) is 6.47. The van der Waals surface area contributed by atoms with Crippen molar-refractivity contribution in [2.24, 2.45) is 0 Å². The summed E-state index contributed by atoms with van der Waals surface area (Å²) in [6, 6.07) is 14.8. The van der Waals surface area contributed by atoms with Crippen molar-refractivity contribution in [1.29, 1.82) is 0 Å². The Morgan fingerprint density at radius 3 is 2.46 bits per heavy atom. The van der Waals surface area contributed by atoms with E-state index >= 15 is 0 Å². The molecular formula is C21H21FN4O2. The molecule has 28 heavy (non-hydrogen) atoms. The quantitative estimate of drug-likeness (QED) is 0.648. The first-order valence-electron chi connectivity index (χ1n) is 8.86. The third-order valence-electron chi connectivity index (χ3n) is 3.69. The lowest BCUT2D eigenvalue weighted by molar-refractivity contribution is 0.102. The highest BCUT2D eigenvalue weighted by molar-refractivity contribution is 6.03. The topological polar surface area (TPSA) is 76.1 Å². The Balaban J connectivity index is 1.75. The van der Waals surface area contributed by atoms with Crippen molar-refractivity contribution in [3.63, 3.8) is 0 Å². The molecule has 0 atom stereocenters. The highest BCUT2D eigenvalue weighted by Gasteiger charge is 2.12. The molecule has 3 aromatic rings. The fourth-order valence-corrected chi connectivity index (χ4v) is 2.51. The molecule has 144 valence electrons. The number of carbonyl (C=O) groups is 1. The highest BCUT2D eigenvalue weighted by atomic mass is 19.1. The Kier molecular flexibility index (Phi) is 5.84. The minimum atomic E-state index is -0.428. The van der Waals surface area contributed by atoms with Crippen LogP contribution in [0, 0.1) is 12.7 Å². The van der Waals surface area contributed by atoms with Crippen LogP contribution in [0.5, 0.6) is 5.75 Å². The number of hydrogen-bond donors (Lipinski definition) is 2. The molecule has 0 saturated heterocycles. The van der Waals surface area contributed by atoms with Gasteiger partial charge >= 0.3 is 0 Å². The molecule has 1 heterocycles. The fraction of sp³-hybridized carbons (Fsp3) is 0.190. The van der Waals surface area contributed by atoms with Crippen molar-refractivity contribution >= 4 is 23.2 Å². The maximum Gasteiger partial charge on any atom is 0.274 e. The van der Waals surface area contributed by atoms with Gasteiger partial charge in [-0.05, 0) is 63.2 Å².